The molecule has 1 unspecified atom stereocenters. The van der Waals surface area contributed by atoms with Gasteiger partial charge in [0.2, 0.25) is 5.91 Å². The van der Waals surface area contributed by atoms with E-state index in [0.29, 0.717) is 13.2 Å². The largest absolute Gasteiger partial charge is 0.488 e. The molecule has 1 atom stereocenters. The van der Waals surface area contributed by atoms with Gasteiger partial charge in [-0.25, -0.2) is 0 Å². The van der Waals surface area contributed by atoms with E-state index in [1.54, 1.807) is 0 Å². The van der Waals surface area contributed by atoms with Crippen LogP contribution in [0.15, 0.2) is 42.5 Å². The number of benzene rings is 1. The van der Waals surface area contributed by atoms with Crippen LogP contribution in [0.4, 0.5) is 0 Å². The molecule has 2 N–H and O–H groups in total. The zero-order valence-corrected chi connectivity index (χ0v) is 13.0. The molecular formula is C19H20N2O2. The molecule has 1 amide bonds. The Morgan fingerprint density at radius 3 is 2.87 bits per heavy atom. The third-order valence-corrected chi connectivity index (χ3v) is 3.87. The highest BCUT2D eigenvalue weighted by Crippen LogP contribution is 2.14. The van der Waals surface area contributed by atoms with Gasteiger partial charge in [-0.2, -0.15) is 0 Å². The van der Waals surface area contributed by atoms with E-state index in [-0.39, 0.29) is 11.9 Å². The fourth-order valence-corrected chi connectivity index (χ4v) is 2.56. The van der Waals surface area contributed by atoms with Gasteiger partial charge in [-0.05, 0) is 49.2 Å². The molecule has 1 heterocycles. The second-order valence-corrected chi connectivity index (χ2v) is 5.62. The van der Waals surface area contributed by atoms with Crippen molar-refractivity contribution in [2.24, 2.45) is 0 Å². The fourth-order valence-electron chi connectivity index (χ4n) is 2.56. The lowest BCUT2D eigenvalue weighted by Gasteiger charge is -2.11. The van der Waals surface area contributed by atoms with Crippen LogP contribution in [0.5, 0.6) is 5.75 Å². The quantitative estimate of drug-likeness (QED) is 0.860. The van der Waals surface area contributed by atoms with Crippen LogP contribution >= 0.6 is 0 Å². The molecule has 1 saturated heterocycles. The summed E-state index contributed by atoms with van der Waals surface area (Å²) in [5.74, 6) is 0.883. The van der Waals surface area contributed by atoms with Crippen molar-refractivity contribution in [3.05, 3.63) is 65.7 Å². The van der Waals surface area contributed by atoms with Crippen LogP contribution in [-0.4, -0.2) is 18.5 Å². The van der Waals surface area contributed by atoms with Crippen molar-refractivity contribution in [3.8, 4) is 5.75 Å². The lowest BCUT2D eigenvalue weighted by Crippen LogP contribution is -2.39. The smallest absolute Gasteiger partial charge is 0.237 e. The highest BCUT2D eigenvalue weighted by atomic mass is 16.5. The molecule has 118 valence electrons. The second kappa shape index (κ2) is 7.66. The Labute approximate surface area is 136 Å². The van der Waals surface area contributed by atoms with E-state index in [9.17, 15) is 4.79 Å². The van der Waals surface area contributed by atoms with Crippen molar-refractivity contribution in [1.82, 2.24) is 10.6 Å². The van der Waals surface area contributed by atoms with Gasteiger partial charge in [-0.1, -0.05) is 30.3 Å². The van der Waals surface area contributed by atoms with Gasteiger partial charge in [-0.3, -0.25) is 4.79 Å². The van der Waals surface area contributed by atoms with Crippen molar-refractivity contribution in [2.45, 2.75) is 32.0 Å². The molecule has 0 aliphatic carbocycles. The molecule has 2 aromatic rings. The number of nitrogens with one attached hydrogen (secondary N) is 2. The Balaban J connectivity index is 1.46. The van der Waals surface area contributed by atoms with E-state index in [0.717, 1.165) is 36.3 Å². The van der Waals surface area contributed by atoms with E-state index in [2.05, 4.69) is 22.8 Å². The molecule has 23 heavy (non-hydrogen) atoms. The maximum Gasteiger partial charge on any atom is 0.237 e. The third kappa shape index (κ3) is 4.48. The lowest BCUT2D eigenvalue weighted by molar-refractivity contribution is -0.122. The van der Waals surface area contributed by atoms with Crippen molar-refractivity contribution < 1.29 is 9.53 Å². The molecule has 0 spiro atoms. The van der Waals surface area contributed by atoms with Gasteiger partial charge in [-0.15, -0.1) is 0 Å². The molecular weight excluding hydrogens is 288 g/mol. The number of hydrogen-bond donors (Lipinski definition) is 2. The molecule has 4 heteroatoms. The number of carbonyl (C=O) groups excluding carboxylic acids is 1. The third-order valence-electron chi connectivity index (χ3n) is 3.87. The van der Waals surface area contributed by atoms with Gasteiger partial charge in [0.15, 0.2) is 0 Å². The molecule has 3 rings (SSSR count). The first-order chi connectivity index (χ1) is 11.3. The first-order valence-corrected chi connectivity index (χ1v) is 7.91. The number of ether oxygens (including phenoxy) is 1. The Bertz CT molecular complexity index is 620. The number of amides is 1. The highest BCUT2D eigenvalue weighted by Gasteiger charge is 2.21. The van der Waals surface area contributed by atoms with E-state index in [4.69, 9.17) is 4.74 Å². The van der Waals surface area contributed by atoms with Crippen molar-refractivity contribution in [2.75, 3.05) is 6.54 Å². The summed E-state index contributed by atoms with van der Waals surface area (Å²) in [5, 5.41) is 6.16. The fraction of sp³-hybridized carbons (Fsp3) is 0.316. The summed E-state index contributed by atoms with van der Waals surface area (Å²) >= 11 is 0. The van der Waals surface area contributed by atoms with E-state index >= 15 is 0 Å². The van der Waals surface area contributed by atoms with Crippen LogP contribution in [0.3, 0.4) is 0 Å². The number of hydrogen-bond acceptors (Lipinski definition) is 3. The van der Waals surface area contributed by atoms with Crippen molar-refractivity contribution in [1.29, 1.82) is 0 Å². The zero-order chi connectivity index (χ0) is 15.9. The summed E-state index contributed by atoms with van der Waals surface area (Å²) in [4.78, 5) is 11.9. The Morgan fingerprint density at radius 1 is 1.30 bits per heavy atom. The van der Waals surface area contributed by atoms with Crippen LogP contribution in [0.2, 0.25) is 0 Å². The summed E-state index contributed by atoms with van der Waals surface area (Å²) < 4.78 is 5.71. The first-order valence-electron chi connectivity index (χ1n) is 7.91. The Kier molecular flexibility index (Phi) is 5.13. The van der Waals surface area contributed by atoms with Crippen LogP contribution in [0, 0.1) is 12.1 Å². The van der Waals surface area contributed by atoms with Gasteiger partial charge in [0.1, 0.15) is 12.4 Å². The standard InChI is InChI=1S/C19H20N2O2/c22-19(18-7-4-12-20-18)21-13-15-8-10-17(11-9-15)23-14-16-5-2-1-3-6-16/h1-2,5,8-11,18,20H,4,7,12-14H2,(H,21,22). The summed E-state index contributed by atoms with van der Waals surface area (Å²) in [7, 11) is 0. The maximum absolute atomic E-state index is 11.9. The van der Waals surface area contributed by atoms with Crippen LogP contribution < -0.4 is 15.4 Å². The highest BCUT2D eigenvalue weighted by molar-refractivity contribution is 5.81. The molecule has 1 aliphatic heterocycles. The average Bonchev–Trinajstić information content (AvgIpc) is 3.14. The van der Waals surface area contributed by atoms with Gasteiger partial charge >= 0.3 is 0 Å². The van der Waals surface area contributed by atoms with E-state index in [1.807, 2.05) is 42.5 Å². The topological polar surface area (TPSA) is 50.4 Å². The van der Waals surface area contributed by atoms with E-state index < -0.39 is 0 Å². The van der Waals surface area contributed by atoms with Gasteiger partial charge in [0.25, 0.3) is 0 Å². The van der Waals surface area contributed by atoms with E-state index in [1.165, 1.54) is 0 Å². The first kappa shape index (κ1) is 15.4. The molecule has 0 radical (unpaired) electrons. The lowest BCUT2D eigenvalue weighted by atomic mass is 10.2. The van der Waals surface area contributed by atoms with Crippen molar-refractivity contribution in [3.63, 3.8) is 0 Å². The zero-order valence-electron chi connectivity index (χ0n) is 13.0. The van der Waals surface area contributed by atoms with Gasteiger partial charge in [0, 0.05) is 12.1 Å². The Hall–Kier alpha value is -2.51. The molecule has 1 aliphatic rings. The van der Waals surface area contributed by atoms with Crippen molar-refractivity contribution >= 4 is 5.91 Å². The molecule has 1 fully saturated rings. The normalized spacial score (nSPS) is 16.6. The predicted octanol–water partition coefficient (Wildman–Crippen LogP) is 2.23. The summed E-state index contributed by atoms with van der Waals surface area (Å²) in [6, 6.07) is 19.3. The predicted molar refractivity (Wildman–Crippen MR) is 87.8 cm³/mol. The average molecular weight is 308 g/mol. The van der Waals surface area contributed by atoms with Crippen LogP contribution in [0.25, 0.3) is 0 Å². The maximum atomic E-state index is 11.9. The molecule has 0 bridgehead atoms. The summed E-state index contributed by atoms with van der Waals surface area (Å²) in [5.41, 5.74) is 2.02. The molecule has 4 nitrogen and oxygen atoms in total. The summed E-state index contributed by atoms with van der Waals surface area (Å²) in [6.45, 7) is 1.94. The number of rotatable bonds is 6. The molecule has 0 aromatic heterocycles. The monoisotopic (exact) mass is 308 g/mol. The minimum absolute atomic E-state index is 0.0310. The second-order valence-electron chi connectivity index (χ2n) is 5.62. The molecule has 0 saturated carbocycles. The minimum atomic E-state index is -0.0310. The summed E-state index contributed by atoms with van der Waals surface area (Å²) in [6.07, 6.45) is 1.99. The van der Waals surface area contributed by atoms with Crippen LogP contribution in [0.1, 0.15) is 24.0 Å². The minimum Gasteiger partial charge on any atom is -0.488 e. The van der Waals surface area contributed by atoms with Crippen LogP contribution in [-0.2, 0) is 17.9 Å². The SMILES string of the molecule is O=C(NCc1ccc(OCc2c#cccc2)cc1)C1CCCN1. The van der Waals surface area contributed by atoms with Gasteiger partial charge < -0.3 is 15.4 Å². The molecule has 2 aromatic carbocycles. The Morgan fingerprint density at radius 2 is 2.17 bits per heavy atom. The number of carbonyl (C=O) groups is 1. The van der Waals surface area contributed by atoms with Gasteiger partial charge in [0.05, 0.1) is 6.04 Å².